The van der Waals surface area contributed by atoms with Gasteiger partial charge in [0, 0.05) is 13.0 Å². The van der Waals surface area contributed by atoms with Crippen molar-refractivity contribution in [2.45, 2.75) is 76.7 Å². The lowest BCUT2D eigenvalue weighted by atomic mass is 9.82. The second-order valence-electron chi connectivity index (χ2n) is 8.96. The van der Waals surface area contributed by atoms with E-state index in [1.165, 1.54) is 5.56 Å². The zero-order chi connectivity index (χ0) is 23.5. The van der Waals surface area contributed by atoms with Crippen LogP contribution in [0.25, 0.3) is 0 Å². The third-order valence-corrected chi connectivity index (χ3v) is 6.11. The van der Waals surface area contributed by atoms with E-state index in [2.05, 4.69) is 44.3 Å². The largest absolute Gasteiger partial charge is 0.487 e. The summed E-state index contributed by atoms with van der Waals surface area (Å²) in [6.45, 7) is 13.7. The molecule has 4 nitrogen and oxygen atoms in total. The molecule has 0 N–H and O–H groups in total. The molecule has 33 heavy (non-hydrogen) atoms. The van der Waals surface area contributed by atoms with Crippen molar-refractivity contribution in [3.8, 4) is 0 Å². The molecule has 0 saturated carbocycles. The maximum Gasteiger partial charge on any atom is 0.158 e. The van der Waals surface area contributed by atoms with Crippen LogP contribution in [0.4, 0.5) is 0 Å². The minimum Gasteiger partial charge on any atom is -0.487 e. The highest BCUT2D eigenvalue weighted by Gasteiger charge is 2.50. The lowest BCUT2D eigenvalue weighted by Crippen LogP contribution is -2.59. The van der Waals surface area contributed by atoms with Crippen LogP contribution in [0.3, 0.4) is 0 Å². The number of benzene rings is 2. The van der Waals surface area contributed by atoms with E-state index in [-0.39, 0.29) is 18.3 Å². The highest BCUT2D eigenvalue weighted by molar-refractivity contribution is 5.14. The van der Waals surface area contributed by atoms with Crippen molar-refractivity contribution in [1.29, 1.82) is 0 Å². The van der Waals surface area contributed by atoms with E-state index in [9.17, 15) is 0 Å². The number of hydrogen-bond donors (Lipinski definition) is 0. The summed E-state index contributed by atoms with van der Waals surface area (Å²) in [4.78, 5) is 0. The zero-order valence-electron chi connectivity index (χ0n) is 20.1. The molecule has 1 heterocycles. The van der Waals surface area contributed by atoms with Crippen LogP contribution in [0.15, 0.2) is 85.7 Å². The van der Waals surface area contributed by atoms with Gasteiger partial charge in [-0.05, 0) is 44.2 Å². The van der Waals surface area contributed by atoms with Gasteiger partial charge < -0.3 is 18.9 Å². The average molecular weight is 451 g/mol. The minimum absolute atomic E-state index is 0.0813. The molecule has 1 saturated heterocycles. The van der Waals surface area contributed by atoms with Crippen molar-refractivity contribution in [3.05, 3.63) is 96.8 Å². The van der Waals surface area contributed by atoms with E-state index in [1.807, 2.05) is 49.4 Å². The Morgan fingerprint density at radius 3 is 2.30 bits per heavy atom. The summed E-state index contributed by atoms with van der Waals surface area (Å²) in [5.41, 5.74) is 1.71. The molecule has 0 aromatic heterocycles. The molecule has 1 fully saturated rings. The fourth-order valence-electron chi connectivity index (χ4n) is 4.42. The van der Waals surface area contributed by atoms with Crippen molar-refractivity contribution in [2.24, 2.45) is 0 Å². The van der Waals surface area contributed by atoms with Crippen LogP contribution in [0, 0.1) is 0 Å². The maximum absolute atomic E-state index is 6.52. The predicted octanol–water partition coefficient (Wildman–Crippen LogP) is 6.61. The van der Waals surface area contributed by atoms with E-state index in [0.717, 1.165) is 24.8 Å². The molecule has 4 atom stereocenters. The Morgan fingerprint density at radius 2 is 1.70 bits per heavy atom. The number of allylic oxidation sites excluding steroid dienone is 1. The summed E-state index contributed by atoms with van der Waals surface area (Å²) >= 11 is 0. The molecular weight excluding hydrogens is 412 g/mol. The van der Waals surface area contributed by atoms with E-state index in [0.29, 0.717) is 32.0 Å². The topological polar surface area (TPSA) is 36.9 Å². The SMILES string of the molecule is C=CC[C@@H]1O[C@H](CCCOCc2ccccc2)C[C@H](OCc2ccccc2)[C@@]1(C)OC(=C)C. The molecule has 3 rings (SSSR count). The fourth-order valence-corrected chi connectivity index (χ4v) is 4.42. The van der Waals surface area contributed by atoms with Crippen LogP contribution in [0.5, 0.6) is 0 Å². The number of ether oxygens (including phenoxy) is 4. The smallest absolute Gasteiger partial charge is 0.158 e. The Kier molecular flexibility index (Phi) is 9.74. The third-order valence-electron chi connectivity index (χ3n) is 6.11. The van der Waals surface area contributed by atoms with Crippen LogP contribution >= 0.6 is 0 Å². The molecule has 0 spiro atoms. The monoisotopic (exact) mass is 450 g/mol. The van der Waals surface area contributed by atoms with Crippen LogP contribution in [0.1, 0.15) is 50.7 Å². The highest BCUT2D eigenvalue weighted by atomic mass is 16.6. The third kappa shape index (κ3) is 7.56. The number of hydrogen-bond acceptors (Lipinski definition) is 4. The molecule has 2 aromatic rings. The molecule has 0 radical (unpaired) electrons. The first-order valence-corrected chi connectivity index (χ1v) is 11.9. The van der Waals surface area contributed by atoms with Crippen molar-refractivity contribution in [1.82, 2.24) is 0 Å². The van der Waals surface area contributed by atoms with Gasteiger partial charge in [0.25, 0.3) is 0 Å². The quantitative estimate of drug-likeness (QED) is 0.195. The molecule has 0 bridgehead atoms. The van der Waals surface area contributed by atoms with Crippen molar-refractivity contribution < 1.29 is 18.9 Å². The average Bonchev–Trinajstić information content (AvgIpc) is 2.81. The van der Waals surface area contributed by atoms with Crippen molar-refractivity contribution in [2.75, 3.05) is 6.61 Å². The molecule has 0 aliphatic carbocycles. The van der Waals surface area contributed by atoms with Gasteiger partial charge >= 0.3 is 0 Å². The summed E-state index contributed by atoms with van der Waals surface area (Å²) in [5.74, 6) is 0.663. The highest BCUT2D eigenvalue weighted by Crippen LogP contribution is 2.39. The van der Waals surface area contributed by atoms with E-state index >= 15 is 0 Å². The van der Waals surface area contributed by atoms with Gasteiger partial charge in [0.2, 0.25) is 0 Å². The summed E-state index contributed by atoms with van der Waals surface area (Å²) in [6, 6.07) is 20.5. The Labute approximate surface area is 199 Å². The Balaban J connectivity index is 1.60. The van der Waals surface area contributed by atoms with Crippen LogP contribution in [-0.2, 0) is 32.2 Å². The lowest BCUT2D eigenvalue weighted by molar-refractivity contribution is -0.241. The Morgan fingerprint density at radius 1 is 1.06 bits per heavy atom. The first kappa shape index (κ1) is 25.2. The second kappa shape index (κ2) is 12.7. The second-order valence-corrected chi connectivity index (χ2v) is 8.96. The Bertz CT molecular complexity index is 850. The summed E-state index contributed by atoms with van der Waals surface area (Å²) in [7, 11) is 0. The van der Waals surface area contributed by atoms with Gasteiger partial charge in [0.05, 0.1) is 25.1 Å². The van der Waals surface area contributed by atoms with E-state index in [4.69, 9.17) is 18.9 Å². The Hall–Kier alpha value is -2.40. The number of rotatable bonds is 13. The molecule has 0 unspecified atom stereocenters. The van der Waals surface area contributed by atoms with Gasteiger partial charge in [-0.15, -0.1) is 6.58 Å². The zero-order valence-corrected chi connectivity index (χ0v) is 20.1. The van der Waals surface area contributed by atoms with Gasteiger partial charge in [0.15, 0.2) is 5.60 Å². The van der Waals surface area contributed by atoms with Crippen molar-refractivity contribution in [3.63, 3.8) is 0 Å². The first-order chi connectivity index (χ1) is 16.0. The van der Waals surface area contributed by atoms with E-state index in [1.54, 1.807) is 0 Å². The molecule has 1 aliphatic heterocycles. The fraction of sp³-hybridized carbons (Fsp3) is 0.448. The first-order valence-electron chi connectivity index (χ1n) is 11.9. The summed E-state index contributed by atoms with van der Waals surface area (Å²) in [6.07, 6.45) is 5.00. The molecule has 1 aliphatic rings. The van der Waals surface area contributed by atoms with Crippen LogP contribution in [0.2, 0.25) is 0 Å². The van der Waals surface area contributed by atoms with Gasteiger partial charge in [-0.1, -0.05) is 73.3 Å². The van der Waals surface area contributed by atoms with Crippen LogP contribution in [-0.4, -0.2) is 30.5 Å². The van der Waals surface area contributed by atoms with Gasteiger partial charge in [-0.3, -0.25) is 0 Å². The molecule has 178 valence electrons. The summed E-state index contributed by atoms with van der Waals surface area (Å²) < 4.78 is 25.1. The normalized spacial score (nSPS) is 24.8. The molecule has 0 amide bonds. The molecule has 4 heteroatoms. The lowest BCUT2D eigenvalue weighted by Gasteiger charge is -2.49. The van der Waals surface area contributed by atoms with Crippen molar-refractivity contribution >= 4 is 0 Å². The minimum atomic E-state index is -0.630. The molecular formula is C29H38O4. The van der Waals surface area contributed by atoms with E-state index < -0.39 is 5.60 Å². The molecule has 2 aromatic carbocycles. The predicted molar refractivity (Wildman–Crippen MR) is 133 cm³/mol. The van der Waals surface area contributed by atoms with Gasteiger partial charge in [-0.2, -0.15) is 0 Å². The van der Waals surface area contributed by atoms with Gasteiger partial charge in [-0.25, -0.2) is 0 Å². The van der Waals surface area contributed by atoms with Crippen LogP contribution < -0.4 is 0 Å². The maximum atomic E-state index is 6.52. The van der Waals surface area contributed by atoms with Gasteiger partial charge in [0.1, 0.15) is 12.2 Å². The standard InChI is InChI=1S/C29H38O4/c1-5-13-27-29(4,33-23(2)3)28(31-22-25-16-10-7-11-17-25)20-26(32-27)18-12-19-30-21-24-14-8-6-9-15-24/h5-11,14-17,26-28H,1-2,12-13,18-22H2,3-4H3/t26-,27+,28+,29+/m1/s1. The summed E-state index contributed by atoms with van der Waals surface area (Å²) in [5, 5.41) is 0.